The molecule has 0 spiro atoms. The lowest BCUT2D eigenvalue weighted by Crippen LogP contribution is -2.26. The molecule has 2 rings (SSSR count). The number of hydrogen-bond acceptors (Lipinski definition) is 4. The third kappa shape index (κ3) is 3.83. The van der Waals surface area contributed by atoms with Crippen LogP contribution in [0.4, 0.5) is 0 Å². The molecule has 0 aliphatic rings. The summed E-state index contributed by atoms with van der Waals surface area (Å²) in [6, 6.07) is 7.01. The topological polar surface area (TPSA) is 73.2 Å². The van der Waals surface area contributed by atoms with E-state index in [2.05, 4.69) is 9.82 Å². The van der Waals surface area contributed by atoms with Gasteiger partial charge in [0.05, 0.1) is 12.8 Å². The Morgan fingerprint density at radius 1 is 1.33 bits per heavy atom. The summed E-state index contributed by atoms with van der Waals surface area (Å²) in [6.45, 7) is 4.31. The molecule has 0 aliphatic carbocycles. The summed E-state index contributed by atoms with van der Waals surface area (Å²) in [5, 5.41) is 3.88. The Morgan fingerprint density at radius 3 is 2.52 bits per heavy atom. The molecule has 0 unspecified atom stereocenters. The normalized spacial score (nSPS) is 13.1. The number of ether oxygens (including phenoxy) is 1. The number of sulfonamides is 1. The lowest BCUT2D eigenvalue weighted by Gasteiger charge is -2.14. The quantitative estimate of drug-likeness (QED) is 0.884. The van der Waals surface area contributed by atoms with E-state index in [1.54, 1.807) is 14.0 Å². The summed E-state index contributed by atoms with van der Waals surface area (Å²) in [5.74, 6) is 0.767. The first kappa shape index (κ1) is 15.5. The zero-order chi connectivity index (χ0) is 15.5. The van der Waals surface area contributed by atoms with Gasteiger partial charge in [0.25, 0.3) is 0 Å². The van der Waals surface area contributed by atoms with Crippen LogP contribution in [0.3, 0.4) is 0 Å². The van der Waals surface area contributed by atoms with Crippen LogP contribution in [-0.2, 0) is 17.1 Å². The predicted molar refractivity (Wildman–Crippen MR) is 79.6 cm³/mol. The van der Waals surface area contributed by atoms with E-state index in [4.69, 9.17) is 4.74 Å². The third-order valence-corrected chi connectivity index (χ3v) is 4.51. The van der Waals surface area contributed by atoms with Crippen molar-refractivity contribution in [1.82, 2.24) is 14.5 Å². The number of rotatable bonds is 6. The van der Waals surface area contributed by atoms with Gasteiger partial charge in [0, 0.05) is 19.3 Å². The van der Waals surface area contributed by atoms with E-state index in [0.717, 1.165) is 11.3 Å². The second-order valence-corrected chi connectivity index (χ2v) is 6.41. The standard InChI is InChI=1S/C14H19N3O3S/c1-4-20-13-7-5-12(6-8-13)11(2)16-21(18,19)14-9-15-17(3)10-14/h5-11,16H,4H2,1-3H3/t11-/m1/s1. The van der Waals surface area contributed by atoms with Crippen molar-refractivity contribution in [3.05, 3.63) is 42.2 Å². The van der Waals surface area contributed by atoms with Crippen LogP contribution in [0.15, 0.2) is 41.6 Å². The molecule has 0 bridgehead atoms. The summed E-state index contributed by atoms with van der Waals surface area (Å²) >= 11 is 0. The molecular weight excluding hydrogens is 290 g/mol. The van der Waals surface area contributed by atoms with Crippen LogP contribution in [-0.4, -0.2) is 24.8 Å². The first-order chi connectivity index (χ1) is 9.92. The highest BCUT2D eigenvalue weighted by molar-refractivity contribution is 7.89. The fourth-order valence-corrected chi connectivity index (χ4v) is 3.14. The highest BCUT2D eigenvalue weighted by Crippen LogP contribution is 2.19. The van der Waals surface area contributed by atoms with Gasteiger partial charge in [-0.3, -0.25) is 4.68 Å². The maximum atomic E-state index is 12.2. The van der Waals surface area contributed by atoms with E-state index >= 15 is 0 Å². The molecule has 1 heterocycles. The SMILES string of the molecule is CCOc1ccc([C@@H](C)NS(=O)(=O)c2cnn(C)c2)cc1. The maximum Gasteiger partial charge on any atom is 0.244 e. The van der Waals surface area contributed by atoms with Crippen LogP contribution in [0.2, 0.25) is 0 Å². The van der Waals surface area contributed by atoms with Crippen molar-refractivity contribution in [1.29, 1.82) is 0 Å². The molecule has 7 heteroatoms. The monoisotopic (exact) mass is 309 g/mol. The van der Waals surface area contributed by atoms with E-state index in [1.165, 1.54) is 17.1 Å². The van der Waals surface area contributed by atoms with Gasteiger partial charge in [-0.2, -0.15) is 5.10 Å². The van der Waals surface area contributed by atoms with Crippen molar-refractivity contribution in [3.8, 4) is 5.75 Å². The zero-order valence-corrected chi connectivity index (χ0v) is 13.1. The highest BCUT2D eigenvalue weighted by atomic mass is 32.2. The van der Waals surface area contributed by atoms with Gasteiger partial charge in [-0.15, -0.1) is 0 Å². The number of hydrogen-bond donors (Lipinski definition) is 1. The van der Waals surface area contributed by atoms with Crippen molar-refractivity contribution in [2.24, 2.45) is 7.05 Å². The van der Waals surface area contributed by atoms with Gasteiger partial charge in [0.1, 0.15) is 10.6 Å². The van der Waals surface area contributed by atoms with Gasteiger partial charge >= 0.3 is 0 Å². The van der Waals surface area contributed by atoms with E-state index in [1.807, 2.05) is 31.2 Å². The molecule has 1 aromatic carbocycles. The molecule has 0 fully saturated rings. The third-order valence-electron chi connectivity index (χ3n) is 3.01. The second kappa shape index (κ2) is 6.28. The van der Waals surface area contributed by atoms with Gasteiger partial charge in [0.2, 0.25) is 10.0 Å². The Kier molecular flexibility index (Phi) is 4.64. The number of aromatic nitrogens is 2. The van der Waals surface area contributed by atoms with Crippen molar-refractivity contribution < 1.29 is 13.2 Å². The van der Waals surface area contributed by atoms with Crippen molar-refractivity contribution >= 4 is 10.0 Å². The number of benzene rings is 1. The fraction of sp³-hybridized carbons (Fsp3) is 0.357. The molecule has 2 aromatic rings. The van der Waals surface area contributed by atoms with E-state index in [-0.39, 0.29) is 10.9 Å². The molecule has 0 saturated heterocycles. The predicted octanol–water partition coefficient (Wildman–Crippen LogP) is 1.86. The Balaban J connectivity index is 2.11. The van der Waals surface area contributed by atoms with Crippen molar-refractivity contribution in [2.75, 3.05) is 6.61 Å². The van der Waals surface area contributed by atoms with Crippen molar-refractivity contribution in [3.63, 3.8) is 0 Å². The van der Waals surface area contributed by atoms with E-state index < -0.39 is 10.0 Å². The van der Waals surface area contributed by atoms with Gasteiger partial charge in [-0.25, -0.2) is 13.1 Å². The van der Waals surface area contributed by atoms with Gasteiger partial charge in [-0.1, -0.05) is 12.1 Å². The molecule has 0 amide bonds. The van der Waals surface area contributed by atoms with Crippen LogP contribution < -0.4 is 9.46 Å². The van der Waals surface area contributed by atoms with Gasteiger partial charge < -0.3 is 4.74 Å². The van der Waals surface area contributed by atoms with Crippen LogP contribution in [0, 0.1) is 0 Å². The largest absolute Gasteiger partial charge is 0.494 e. The molecule has 0 radical (unpaired) electrons. The average Bonchev–Trinajstić information content (AvgIpc) is 2.87. The summed E-state index contributed by atoms with van der Waals surface area (Å²) in [4.78, 5) is 0.155. The summed E-state index contributed by atoms with van der Waals surface area (Å²) in [7, 11) is -1.90. The van der Waals surface area contributed by atoms with Gasteiger partial charge in [-0.05, 0) is 31.5 Å². The van der Waals surface area contributed by atoms with Crippen LogP contribution >= 0.6 is 0 Å². The van der Waals surface area contributed by atoms with E-state index in [9.17, 15) is 8.42 Å². The van der Waals surface area contributed by atoms with Crippen LogP contribution in [0.25, 0.3) is 0 Å². The van der Waals surface area contributed by atoms with E-state index in [0.29, 0.717) is 6.61 Å². The summed E-state index contributed by atoms with van der Waals surface area (Å²) in [6.07, 6.45) is 2.79. The molecule has 114 valence electrons. The lowest BCUT2D eigenvalue weighted by molar-refractivity contribution is 0.340. The van der Waals surface area contributed by atoms with Gasteiger partial charge in [0.15, 0.2) is 0 Å². The highest BCUT2D eigenvalue weighted by Gasteiger charge is 2.19. The Labute approximate surface area is 124 Å². The maximum absolute atomic E-state index is 12.2. The molecule has 0 saturated carbocycles. The molecule has 6 nitrogen and oxygen atoms in total. The minimum atomic E-state index is -3.57. The first-order valence-corrected chi connectivity index (χ1v) is 8.14. The van der Waals surface area contributed by atoms with Crippen molar-refractivity contribution in [2.45, 2.75) is 24.8 Å². The minimum absolute atomic E-state index is 0.155. The summed E-state index contributed by atoms with van der Waals surface area (Å²) in [5.41, 5.74) is 0.867. The molecule has 1 aromatic heterocycles. The zero-order valence-electron chi connectivity index (χ0n) is 12.3. The number of aryl methyl sites for hydroxylation is 1. The number of nitrogens with one attached hydrogen (secondary N) is 1. The molecule has 1 atom stereocenters. The van der Waals surface area contributed by atoms with Crippen LogP contribution in [0.1, 0.15) is 25.5 Å². The molecule has 21 heavy (non-hydrogen) atoms. The van der Waals surface area contributed by atoms with Crippen LogP contribution in [0.5, 0.6) is 5.75 Å². The molecule has 0 aliphatic heterocycles. The first-order valence-electron chi connectivity index (χ1n) is 6.66. The smallest absolute Gasteiger partial charge is 0.244 e. The summed E-state index contributed by atoms with van der Waals surface area (Å²) < 4.78 is 33.9. The Bertz CT molecular complexity index is 693. The fourth-order valence-electron chi connectivity index (χ4n) is 1.93. The number of nitrogens with zero attached hydrogens (tertiary/aromatic N) is 2. The average molecular weight is 309 g/mol. The molecular formula is C14H19N3O3S. The molecule has 1 N–H and O–H groups in total. The Morgan fingerprint density at radius 2 is 2.00 bits per heavy atom. The minimum Gasteiger partial charge on any atom is -0.494 e. The lowest BCUT2D eigenvalue weighted by atomic mass is 10.1. The Hall–Kier alpha value is -1.86. The second-order valence-electron chi connectivity index (χ2n) is 4.69.